The monoisotopic (exact) mass is 339 g/mol. The zero-order chi connectivity index (χ0) is 18.4. The summed E-state index contributed by atoms with van der Waals surface area (Å²) in [5.41, 5.74) is 1.59. The van der Waals surface area contributed by atoms with E-state index in [2.05, 4.69) is 10.3 Å². The highest BCUT2D eigenvalue weighted by molar-refractivity contribution is 6.06. The first-order valence-corrected chi connectivity index (χ1v) is 8.06. The van der Waals surface area contributed by atoms with Gasteiger partial charge in [-0.1, -0.05) is 18.2 Å². The van der Waals surface area contributed by atoms with Gasteiger partial charge in [0.05, 0.1) is 16.7 Å². The molecule has 6 nitrogen and oxygen atoms in total. The summed E-state index contributed by atoms with van der Waals surface area (Å²) in [5, 5.41) is 4.35. The molecular weight excluding hydrogens is 318 g/mol. The minimum absolute atomic E-state index is 0.181. The number of anilines is 1. The number of fused-ring (bicyclic) bond motifs is 3. The fourth-order valence-electron chi connectivity index (χ4n) is 2.92. The Balaban J connectivity index is 2.21. The lowest BCUT2D eigenvalue weighted by atomic mass is 10.1. The van der Waals surface area contributed by atoms with Gasteiger partial charge in [-0.2, -0.15) is 0 Å². The van der Waals surface area contributed by atoms with Crippen molar-refractivity contribution in [2.24, 2.45) is 7.05 Å². The van der Waals surface area contributed by atoms with Crippen LogP contribution in [0.5, 0.6) is 0 Å². The molecule has 6 heteroatoms. The average molecular weight is 339 g/mol. The molecule has 0 bridgehead atoms. The first kappa shape index (κ1) is 17.0. The molecule has 0 unspecified atom stereocenters. The zero-order valence-electron chi connectivity index (χ0n) is 15.0. The lowest BCUT2D eigenvalue weighted by molar-refractivity contribution is 0.0635. The summed E-state index contributed by atoms with van der Waals surface area (Å²) >= 11 is 0. The van der Waals surface area contributed by atoms with Crippen LogP contribution in [-0.2, 0) is 11.8 Å². The van der Waals surface area contributed by atoms with Gasteiger partial charge in [0.15, 0.2) is 0 Å². The highest BCUT2D eigenvalue weighted by Gasteiger charge is 2.19. The lowest BCUT2D eigenvalue weighted by Gasteiger charge is -2.20. The Morgan fingerprint density at radius 2 is 1.88 bits per heavy atom. The van der Waals surface area contributed by atoms with E-state index >= 15 is 0 Å². The molecule has 0 saturated heterocycles. The van der Waals surface area contributed by atoms with Crippen molar-refractivity contribution in [3.05, 3.63) is 46.4 Å². The van der Waals surface area contributed by atoms with Crippen LogP contribution in [0.3, 0.4) is 0 Å². The molecule has 1 amide bonds. The van der Waals surface area contributed by atoms with Gasteiger partial charge in [0, 0.05) is 17.8 Å². The zero-order valence-corrected chi connectivity index (χ0v) is 15.0. The molecule has 130 valence electrons. The van der Waals surface area contributed by atoms with Crippen molar-refractivity contribution >= 4 is 33.6 Å². The first-order chi connectivity index (χ1) is 11.7. The van der Waals surface area contributed by atoms with E-state index in [0.29, 0.717) is 0 Å². The van der Waals surface area contributed by atoms with Gasteiger partial charge in [0.2, 0.25) is 0 Å². The highest BCUT2D eigenvalue weighted by atomic mass is 16.6. The number of hydrogen-bond acceptors (Lipinski definition) is 4. The summed E-state index contributed by atoms with van der Waals surface area (Å²) in [4.78, 5) is 29.3. The molecule has 2 aromatic heterocycles. The van der Waals surface area contributed by atoms with E-state index in [-0.39, 0.29) is 11.2 Å². The third-order valence-electron chi connectivity index (χ3n) is 3.87. The maximum Gasteiger partial charge on any atom is 0.412 e. The van der Waals surface area contributed by atoms with Gasteiger partial charge >= 0.3 is 6.09 Å². The van der Waals surface area contributed by atoms with Gasteiger partial charge in [-0.3, -0.25) is 15.1 Å². The van der Waals surface area contributed by atoms with Crippen LogP contribution >= 0.6 is 0 Å². The SMILES string of the molecule is Cc1nc2ccccc2c2cc(NC(=O)OC(C)(C)C)c(=O)n(C)c12. The number of pyridine rings is 2. The Morgan fingerprint density at radius 3 is 2.56 bits per heavy atom. The van der Waals surface area contributed by atoms with Crippen LogP contribution in [-0.4, -0.2) is 21.2 Å². The second-order valence-electron chi connectivity index (χ2n) is 7.03. The van der Waals surface area contributed by atoms with E-state index in [1.54, 1.807) is 33.9 Å². The second kappa shape index (κ2) is 5.88. The van der Waals surface area contributed by atoms with Gasteiger partial charge < -0.3 is 9.30 Å². The molecular formula is C19H21N3O3. The Hall–Kier alpha value is -2.89. The molecule has 0 aliphatic rings. The van der Waals surface area contributed by atoms with Crippen molar-refractivity contribution in [2.45, 2.75) is 33.3 Å². The molecule has 0 spiro atoms. The Kier molecular flexibility index (Phi) is 3.99. The number of carbonyl (C=O) groups excluding carboxylic acids is 1. The molecule has 1 N–H and O–H groups in total. The van der Waals surface area contributed by atoms with Crippen LogP contribution in [0.1, 0.15) is 26.5 Å². The highest BCUT2D eigenvalue weighted by Crippen LogP contribution is 2.26. The van der Waals surface area contributed by atoms with Crippen molar-refractivity contribution in [3.8, 4) is 0 Å². The Labute approximate surface area is 145 Å². The summed E-state index contributed by atoms with van der Waals surface area (Å²) in [6.45, 7) is 7.18. The number of aromatic nitrogens is 2. The molecule has 0 aliphatic carbocycles. The Bertz CT molecular complexity index is 1050. The molecule has 1 aromatic carbocycles. The van der Waals surface area contributed by atoms with Crippen LogP contribution in [0.15, 0.2) is 35.1 Å². The molecule has 0 saturated carbocycles. The molecule has 0 atom stereocenters. The molecule has 0 radical (unpaired) electrons. The van der Waals surface area contributed by atoms with E-state index in [1.165, 1.54) is 4.57 Å². The number of nitrogens with zero attached hydrogens (tertiary/aromatic N) is 2. The van der Waals surface area contributed by atoms with Crippen molar-refractivity contribution in [1.29, 1.82) is 0 Å². The summed E-state index contributed by atoms with van der Waals surface area (Å²) in [7, 11) is 1.67. The van der Waals surface area contributed by atoms with E-state index in [9.17, 15) is 9.59 Å². The molecule has 3 rings (SSSR count). The second-order valence-corrected chi connectivity index (χ2v) is 7.03. The van der Waals surface area contributed by atoms with Gasteiger partial charge in [0.1, 0.15) is 11.3 Å². The number of ether oxygens (including phenoxy) is 1. The molecule has 0 fully saturated rings. The lowest BCUT2D eigenvalue weighted by Crippen LogP contribution is -2.30. The normalized spacial score (nSPS) is 11.7. The number of carbonyl (C=O) groups is 1. The van der Waals surface area contributed by atoms with Crippen LogP contribution < -0.4 is 10.9 Å². The van der Waals surface area contributed by atoms with Crippen molar-refractivity contribution < 1.29 is 9.53 Å². The fourth-order valence-corrected chi connectivity index (χ4v) is 2.92. The standard InChI is InChI=1S/C19H21N3O3/c1-11-16-13(12-8-6-7-9-14(12)20-11)10-15(17(23)22(16)5)21-18(24)25-19(2,3)4/h6-10H,1-5H3,(H,21,24). The fraction of sp³-hybridized carbons (Fsp3) is 0.316. The van der Waals surface area contributed by atoms with Crippen LogP contribution in [0.25, 0.3) is 21.8 Å². The average Bonchev–Trinajstić information content (AvgIpc) is 2.50. The van der Waals surface area contributed by atoms with Gasteiger partial charge in [-0.05, 0) is 39.8 Å². The maximum atomic E-state index is 12.6. The molecule has 2 heterocycles. The van der Waals surface area contributed by atoms with E-state index < -0.39 is 11.7 Å². The van der Waals surface area contributed by atoms with E-state index in [0.717, 1.165) is 27.5 Å². The topological polar surface area (TPSA) is 73.2 Å². The van der Waals surface area contributed by atoms with Crippen LogP contribution in [0.4, 0.5) is 10.5 Å². The first-order valence-electron chi connectivity index (χ1n) is 8.06. The number of hydrogen-bond donors (Lipinski definition) is 1. The summed E-state index contributed by atoms with van der Waals surface area (Å²) in [6, 6.07) is 9.41. The van der Waals surface area contributed by atoms with Gasteiger partial charge in [-0.15, -0.1) is 0 Å². The third kappa shape index (κ3) is 3.20. The Morgan fingerprint density at radius 1 is 1.20 bits per heavy atom. The summed E-state index contributed by atoms with van der Waals surface area (Å²) in [5.74, 6) is 0. The molecule has 25 heavy (non-hydrogen) atoms. The maximum absolute atomic E-state index is 12.6. The number of benzene rings is 1. The number of para-hydroxylation sites is 1. The summed E-state index contributed by atoms with van der Waals surface area (Å²) < 4.78 is 6.76. The molecule has 0 aliphatic heterocycles. The third-order valence-corrected chi connectivity index (χ3v) is 3.87. The van der Waals surface area contributed by atoms with Gasteiger partial charge in [0.25, 0.3) is 5.56 Å². The largest absolute Gasteiger partial charge is 0.444 e. The van der Waals surface area contributed by atoms with Crippen molar-refractivity contribution in [3.63, 3.8) is 0 Å². The van der Waals surface area contributed by atoms with E-state index in [4.69, 9.17) is 4.74 Å². The minimum atomic E-state index is -0.654. The van der Waals surface area contributed by atoms with Crippen molar-refractivity contribution in [2.75, 3.05) is 5.32 Å². The van der Waals surface area contributed by atoms with Crippen LogP contribution in [0.2, 0.25) is 0 Å². The summed E-state index contributed by atoms with van der Waals surface area (Å²) in [6.07, 6.45) is -0.654. The van der Waals surface area contributed by atoms with Crippen LogP contribution in [0, 0.1) is 6.92 Å². The number of rotatable bonds is 1. The minimum Gasteiger partial charge on any atom is -0.444 e. The number of aryl methyl sites for hydroxylation is 2. The number of amides is 1. The van der Waals surface area contributed by atoms with Crippen molar-refractivity contribution in [1.82, 2.24) is 9.55 Å². The quantitative estimate of drug-likeness (QED) is 0.685. The number of nitrogens with one attached hydrogen (secondary N) is 1. The molecule has 3 aromatic rings. The van der Waals surface area contributed by atoms with E-state index in [1.807, 2.05) is 31.2 Å². The predicted octanol–water partition coefficient (Wildman–Crippen LogP) is 3.74. The van der Waals surface area contributed by atoms with Gasteiger partial charge in [-0.25, -0.2) is 4.79 Å². The smallest absolute Gasteiger partial charge is 0.412 e. The predicted molar refractivity (Wildman–Crippen MR) is 99.1 cm³/mol.